The fraction of sp³-hybridized carbons (Fsp3) is 0.188. The van der Waals surface area contributed by atoms with Gasteiger partial charge in [-0.3, -0.25) is 9.00 Å². The van der Waals surface area contributed by atoms with Crippen LogP contribution in [-0.2, 0) is 10.8 Å². The highest BCUT2D eigenvalue weighted by Gasteiger charge is 2.17. The van der Waals surface area contributed by atoms with E-state index in [9.17, 15) is 13.8 Å². The van der Waals surface area contributed by atoms with E-state index in [-0.39, 0.29) is 17.1 Å². The van der Waals surface area contributed by atoms with Gasteiger partial charge in [-0.1, -0.05) is 12.1 Å². The van der Waals surface area contributed by atoms with Gasteiger partial charge in [-0.15, -0.1) is 0 Å². The largest absolute Gasteiger partial charge is 0.412 e. The first-order valence-electron chi connectivity index (χ1n) is 7.18. The minimum atomic E-state index is -1.04. The number of carbonyl (C=O) groups excluding carboxylic acids is 1. The number of pyridine rings is 1. The predicted octanol–water partition coefficient (Wildman–Crippen LogP) is 1.69. The summed E-state index contributed by atoms with van der Waals surface area (Å²) in [6, 6.07) is 9.71. The molecule has 1 aromatic carbocycles. The van der Waals surface area contributed by atoms with Gasteiger partial charge in [0.1, 0.15) is 4.83 Å². The second-order valence-corrected chi connectivity index (χ2v) is 7.56. The van der Waals surface area contributed by atoms with Crippen LogP contribution >= 0.6 is 11.5 Å². The number of rotatable bonds is 3. The molecule has 0 radical (unpaired) electrons. The molecule has 132 valence electrons. The summed E-state index contributed by atoms with van der Waals surface area (Å²) < 4.78 is 12.5. The number of amides is 1. The van der Waals surface area contributed by atoms with Crippen molar-refractivity contribution in [1.29, 1.82) is 0 Å². The Morgan fingerprint density at radius 3 is 2.56 bits per heavy atom. The van der Waals surface area contributed by atoms with Crippen molar-refractivity contribution in [3.8, 4) is 0 Å². The number of nitrogens with one attached hydrogen (secondary N) is 1. The summed E-state index contributed by atoms with van der Waals surface area (Å²) in [6.07, 6.45) is 3.20. The van der Waals surface area contributed by atoms with Crippen molar-refractivity contribution in [3.05, 3.63) is 58.5 Å². The third-order valence-corrected chi connectivity index (χ3v) is 5.55. The zero-order valence-corrected chi connectivity index (χ0v) is 15.2. The van der Waals surface area contributed by atoms with E-state index in [1.807, 2.05) is 19.1 Å². The number of benzene rings is 1. The molecule has 2 unspecified atom stereocenters. The molecule has 9 heteroatoms. The third kappa shape index (κ3) is 3.84. The van der Waals surface area contributed by atoms with E-state index in [0.29, 0.717) is 10.2 Å². The highest BCUT2D eigenvalue weighted by atomic mass is 32.2. The molecule has 0 aliphatic rings. The van der Waals surface area contributed by atoms with E-state index >= 15 is 0 Å². The van der Waals surface area contributed by atoms with Crippen LogP contribution in [0.1, 0.15) is 18.5 Å². The first-order chi connectivity index (χ1) is 11.5. The standard InChI is InChI=1S/C16H15N3O3S2.H2O/c1-10(11-5-7-12(8-6-11)24(2)22)18-16(21)19-15(20)13-4-3-9-17-14(13)23-19;/h3-10H,1-2H3,(H,18,21);1H2. The van der Waals surface area contributed by atoms with Gasteiger partial charge < -0.3 is 10.8 Å². The van der Waals surface area contributed by atoms with Crippen LogP contribution in [0, 0.1) is 0 Å². The lowest BCUT2D eigenvalue weighted by molar-refractivity contribution is 0.241. The Morgan fingerprint density at radius 2 is 1.96 bits per heavy atom. The summed E-state index contributed by atoms with van der Waals surface area (Å²) in [5, 5.41) is 3.22. The number of fused-ring (bicyclic) bond motifs is 1. The average molecular weight is 379 g/mol. The third-order valence-electron chi connectivity index (χ3n) is 3.60. The number of nitrogens with zero attached hydrogens (tertiary/aromatic N) is 2. The Bertz CT molecular complexity index is 979. The first-order valence-corrected chi connectivity index (χ1v) is 9.52. The summed E-state index contributed by atoms with van der Waals surface area (Å²) in [5.41, 5.74) is 0.495. The summed E-state index contributed by atoms with van der Waals surface area (Å²) >= 11 is 1.02. The molecule has 0 aliphatic carbocycles. The molecule has 0 saturated carbocycles. The van der Waals surface area contributed by atoms with Crippen LogP contribution in [0.4, 0.5) is 4.79 Å². The normalized spacial score (nSPS) is 13.0. The number of aromatic nitrogens is 2. The van der Waals surface area contributed by atoms with E-state index in [1.54, 1.807) is 36.7 Å². The molecule has 1 amide bonds. The fourth-order valence-corrected chi connectivity index (χ4v) is 3.64. The Kier molecular flexibility index (Phi) is 5.83. The lowest BCUT2D eigenvalue weighted by Crippen LogP contribution is -2.34. The van der Waals surface area contributed by atoms with Crippen molar-refractivity contribution in [2.24, 2.45) is 0 Å². The Balaban J connectivity index is 0.00000225. The van der Waals surface area contributed by atoms with Crippen LogP contribution in [-0.4, -0.2) is 30.9 Å². The van der Waals surface area contributed by atoms with E-state index in [0.717, 1.165) is 25.9 Å². The quantitative estimate of drug-likeness (QED) is 0.746. The van der Waals surface area contributed by atoms with Gasteiger partial charge in [0.05, 0.1) is 11.4 Å². The van der Waals surface area contributed by atoms with E-state index in [4.69, 9.17) is 0 Å². The van der Waals surface area contributed by atoms with E-state index < -0.39 is 16.8 Å². The summed E-state index contributed by atoms with van der Waals surface area (Å²) in [4.78, 5) is 30.0. The summed E-state index contributed by atoms with van der Waals surface area (Å²) in [6.45, 7) is 1.83. The van der Waals surface area contributed by atoms with Gasteiger partial charge in [-0.05, 0) is 48.3 Å². The molecular weight excluding hydrogens is 362 g/mol. The maximum Gasteiger partial charge on any atom is 0.338 e. The lowest BCUT2D eigenvalue weighted by Gasteiger charge is -2.14. The minimum Gasteiger partial charge on any atom is -0.412 e. The van der Waals surface area contributed by atoms with Crippen molar-refractivity contribution in [3.63, 3.8) is 0 Å². The molecule has 25 heavy (non-hydrogen) atoms. The highest BCUT2D eigenvalue weighted by molar-refractivity contribution is 7.84. The average Bonchev–Trinajstić information content (AvgIpc) is 2.92. The van der Waals surface area contributed by atoms with Crippen LogP contribution in [0.15, 0.2) is 52.3 Å². The van der Waals surface area contributed by atoms with Gasteiger partial charge in [0.15, 0.2) is 0 Å². The molecule has 0 bridgehead atoms. The van der Waals surface area contributed by atoms with Crippen molar-refractivity contribution < 1.29 is 14.5 Å². The number of hydrogen-bond donors (Lipinski definition) is 1. The molecule has 0 fully saturated rings. The molecule has 2 heterocycles. The minimum absolute atomic E-state index is 0. The van der Waals surface area contributed by atoms with Crippen LogP contribution < -0.4 is 10.9 Å². The summed E-state index contributed by atoms with van der Waals surface area (Å²) in [5.74, 6) is 0. The first kappa shape index (κ1) is 19.0. The van der Waals surface area contributed by atoms with Crippen LogP contribution in [0.3, 0.4) is 0 Å². The zero-order chi connectivity index (χ0) is 17.3. The van der Waals surface area contributed by atoms with Crippen molar-refractivity contribution in [2.75, 3.05) is 6.26 Å². The molecule has 7 nitrogen and oxygen atoms in total. The number of hydrogen-bond acceptors (Lipinski definition) is 5. The van der Waals surface area contributed by atoms with Gasteiger partial charge in [0, 0.05) is 28.1 Å². The maximum atomic E-state index is 12.4. The smallest absolute Gasteiger partial charge is 0.338 e. The highest BCUT2D eigenvalue weighted by Crippen LogP contribution is 2.16. The van der Waals surface area contributed by atoms with Crippen molar-refractivity contribution in [1.82, 2.24) is 14.3 Å². The Hall–Kier alpha value is -2.36. The lowest BCUT2D eigenvalue weighted by atomic mass is 10.1. The molecular formula is C16H17N3O4S2. The zero-order valence-electron chi connectivity index (χ0n) is 13.6. The maximum absolute atomic E-state index is 12.4. The second-order valence-electron chi connectivity index (χ2n) is 5.24. The number of carbonyl (C=O) groups is 1. The van der Waals surface area contributed by atoms with Crippen molar-refractivity contribution in [2.45, 2.75) is 17.9 Å². The SMILES string of the molecule is CC(NC(=O)n1sc2ncccc2c1=O)c1ccc(S(C)=O)cc1.O. The van der Waals surface area contributed by atoms with E-state index in [1.165, 1.54) is 0 Å². The van der Waals surface area contributed by atoms with Crippen molar-refractivity contribution >= 4 is 38.6 Å². The second kappa shape index (κ2) is 7.68. The van der Waals surface area contributed by atoms with Crippen LogP contribution in [0.25, 0.3) is 10.2 Å². The predicted molar refractivity (Wildman–Crippen MR) is 98.6 cm³/mol. The Labute approximate surface area is 150 Å². The molecule has 2 aromatic heterocycles. The molecule has 0 saturated heterocycles. The summed E-state index contributed by atoms with van der Waals surface area (Å²) in [7, 11) is -1.04. The van der Waals surface area contributed by atoms with Crippen LogP contribution in [0.5, 0.6) is 0 Å². The van der Waals surface area contributed by atoms with Gasteiger partial charge in [0.2, 0.25) is 0 Å². The molecule has 2 atom stereocenters. The molecule has 3 aromatic rings. The van der Waals surface area contributed by atoms with Gasteiger partial charge in [-0.25, -0.2) is 9.78 Å². The molecule has 3 N–H and O–H groups in total. The van der Waals surface area contributed by atoms with Gasteiger partial charge in [-0.2, -0.15) is 3.96 Å². The molecule has 0 spiro atoms. The Morgan fingerprint density at radius 1 is 1.28 bits per heavy atom. The van der Waals surface area contributed by atoms with E-state index in [2.05, 4.69) is 10.3 Å². The molecule has 0 aliphatic heterocycles. The topological polar surface area (TPSA) is 113 Å². The van der Waals surface area contributed by atoms with Crippen LogP contribution in [0.2, 0.25) is 0 Å². The monoisotopic (exact) mass is 379 g/mol. The molecule has 3 rings (SSSR count). The van der Waals surface area contributed by atoms with Gasteiger partial charge >= 0.3 is 6.03 Å². The van der Waals surface area contributed by atoms with Gasteiger partial charge in [0.25, 0.3) is 5.56 Å². The fourth-order valence-electron chi connectivity index (χ4n) is 2.27.